The first kappa shape index (κ1) is 15.3. The minimum Gasteiger partial charge on any atom is -0.396 e. The van der Waals surface area contributed by atoms with E-state index < -0.39 is 29.6 Å². The molecular formula is C11H15N5O5. The molecule has 3 atom stereocenters. The van der Waals surface area contributed by atoms with Crippen LogP contribution >= 0.6 is 0 Å². The molecule has 1 aromatic heterocycles. The Hall–Kier alpha value is -2.13. The van der Waals surface area contributed by atoms with Gasteiger partial charge >= 0.3 is 5.69 Å². The van der Waals surface area contributed by atoms with Crippen molar-refractivity contribution in [3.05, 3.63) is 43.0 Å². The normalized spacial score (nSPS) is 24.8. The molecule has 10 nitrogen and oxygen atoms in total. The summed E-state index contributed by atoms with van der Waals surface area (Å²) >= 11 is 0. The maximum Gasteiger partial charge on any atom is 0.330 e. The fourth-order valence-electron chi connectivity index (χ4n) is 2.28. The number of aliphatic hydroxyl groups is 2. The Kier molecular flexibility index (Phi) is 4.76. The summed E-state index contributed by atoms with van der Waals surface area (Å²) in [5.41, 5.74) is 7.50. The van der Waals surface area contributed by atoms with E-state index in [9.17, 15) is 14.7 Å². The molecule has 1 aliphatic heterocycles. The summed E-state index contributed by atoms with van der Waals surface area (Å²) in [6, 6.07) is -0.592. The Morgan fingerprint density at radius 2 is 2.29 bits per heavy atom. The number of hydrogen-bond acceptors (Lipinski definition) is 6. The molecule has 114 valence electrons. The molecule has 0 bridgehead atoms. The van der Waals surface area contributed by atoms with Crippen LogP contribution in [0.4, 0.5) is 0 Å². The van der Waals surface area contributed by atoms with Gasteiger partial charge in [0.15, 0.2) is 0 Å². The second-order valence-corrected chi connectivity index (χ2v) is 4.61. The van der Waals surface area contributed by atoms with Gasteiger partial charge in [-0.15, -0.1) is 0 Å². The van der Waals surface area contributed by atoms with Gasteiger partial charge < -0.3 is 14.9 Å². The number of ether oxygens (including phenoxy) is 1. The van der Waals surface area contributed by atoms with Gasteiger partial charge in [-0.25, -0.2) is 4.79 Å². The minimum absolute atomic E-state index is 0.103. The number of aromatic nitrogens is 2. The molecule has 0 amide bonds. The predicted molar refractivity (Wildman–Crippen MR) is 70.7 cm³/mol. The first-order valence-corrected chi connectivity index (χ1v) is 6.36. The number of H-pyrrole nitrogens is 1. The molecule has 21 heavy (non-hydrogen) atoms. The third kappa shape index (κ3) is 3.14. The summed E-state index contributed by atoms with van der Waals surface area (Å²) in [7, 11) is 0. The third-order valence-electron chi connectivity index (χ3n) is 3.32. The highest BCUT2D eigenvalue weighted by atomic mass is 16.5. The molecular weight excluding hydrogens is 282 g/mol. The van der Waals surface area contributed by atoms with Gasteiger partial charge in [0, 0.05) is 36.1 Å². The molecule has 0 aliphatic carbocycles. The van der Waals surface area contributed by atoms with Crippen molar-refractivity contribution in [3.8, 4) is 0 Å². The molecule has 0 unspecified atom stereocenters. The maximum atomic E-state index is 11.8. The summed E-state index contributed by atoms with van der Waals surface area (Å²) in [6.07, 6.45) is 0.172. The van der Waals surface area contributed by atoms with Crippen molar-refractivity contribution in [2.24, 2.45) is 5.11 Å². The quantitative estimate of drug-likeness (QED) is 0.362. The Balaban J connectivity index is 2.34. The lowest BCUT2D eigenvalue weighted by atomic mass is 10.1. The second-order valence-electron chi connectivity index (χ2n) is 4.61. The minimum atomic E-state index is -0.751. The summed E-state index contributed by atoms with van der Waals surface area (Å²) in [6.45, 7) is -0.574. The van der Waals surface area contributed by atoms with Gasteiger partial charge in [-0.05, 0) is 5.53 Å². The van der Waals surface area contributed by atoms with Crippen molar-refractivity contribution in [2.75, 3.05) is 13.2 Å². The molecule has 2 rings (SSSR count). The van der Waals surface area contributed by atoms with Crippen LogP contribution in [0.5, 0.6) is 0 Å². The van der Waals surface area contributed by atoms with Gasteiger partial charge in [-0.1, -0.05) is 5.11 Å². The molecule has 1 saturated heterocycles. The van der Waals surface area contributed by atoms with Crippen molar-refractivity contribution in [1.29, 1.82) is 0 Å². The highest BCUT2D eigenvalue weighted by molar-refractivity contribution is 5.05. The Labute approximate surface area is 118 Å². The number of aliphatic hydroxyl groups excluding tert-OH is 2. The van der Waals surface area contributed by atoms with Gasteiger partial charge in [-0.2, -0.15) is 0 Å². The van der Waals surface area contributed by atoms with Gasteiger partial charge in [0.05, 0.1) is 18.8 Å². The van der Waals surface area contributed by atoms with Gasteiger partial charge in [0.25, 0.3) is 5.56 Å². The SMILES string of the molecule is [N-]=[N+]=N[C@H]1C[C@H](n2cc(CCO)c(=O)[nH]c2=O)O[C@@H]1CO. The van der Waals surface area contributed by atoms with Crippen molar-refractivity contribution < 1.29 is 14.9 Å². The zero-order chi connectivity index (χ0) is 15.4. The lowest BCUT2D eigenvalue weighted by molar-refractivity contribution is -0.0272. The smallest absolute Gasteiger partial charge is 0.330 e. The van der Waals surface area contributed by atoms with Crippen molar-refractivity contribution >= 4 is 0 Å². The first-order valence-electron chi connectivity index (χ1n) is 6.36. The highest BCUT2D eigenvalue weighted by Gasteiger charge is 2.35. The zero-order valence-electron chi connectivity index (χ0n) is 11.0. The van der Waals surface area contributed by atoms with E-state index in [1.165, 1.54) is 10.8 Å². The van der Waals surface area contributed by atoms with E-state index in [4.69, 9.17) is 15.4 Å². The molecule has 2 heterocycles. The number of azide groups is 1. The average molecular weight is 297 g/mol. The molecule has 10 heteroatoms. The first-order chi connectivity index (χ1) is 10.1. The second kappa shape index (κ2) is 6.55. The number of nitrogens with zero attached hydrogens (tertiary/aromatic N) is 4. The third-order valence-corrected chi connectivity index (χ3v) is 3.32. The van der Waals surface area contributed by atoms with Crippen LogP contribution in [0.1, 0.15) is 18.2 Å². The van der Waals surface area contributed by atoms with Crippen molar-refractivity contribution in [3.63, 3.8) is 0 Å². The number of aromatic amines is 1. The lowest BCUT2D eigenvalue weighted by Crippen LogP contribution is -2.34. The number of nitrogens with one attached hydrogen (secondary N) is 1. The molecule has 0 spiro atoms. The van der Waals surface area contributed by atoms with Gasteiger partial charge in [0.2, 0.25) is 0 Å². The summed E-state index contributed by atoms with van der Waals surface area (Å²) in [5.74, 6) is 0. The summed E-state index contributed by atoms with van der Waals surface area (Å²) in [4.78, 5) is 28.2. The van der Waals surface area contributed by atoms with Crippen LogP contribution in [-0.4, -0.2) is 45.1 Å². The number of hydrogen-bond donors (Lipinski definition) is 3. The lowest BCUT2D eigenvalue weighted by Gasteiger charge is -2.15. The fourth-order valence-corrected chi connectivity index (χ4v) is 2.28. The van der Waals surface area contributed by atoms with Gasteiger partial charge in [-0.3, -0.25) is 14.3 Å². The number of rotatable bonds is 5. The maximum absolute atomic E-state index is 11.8. The largest absolute Gasteiger partial charge is 0.396 e. The van der Waals surface area contributed by atoms with Crippen LogP contribution in [0.2, 0.25) is 0 Å². The van der Waals surface area contributed by atoms with Crippen molar-refractivity contribution in [1.82, 2.24) is 9.55 Å². The van der Waals surface area contributed by atoms with Crippen LogP contribution in [0.25, 0.3) is 10.4 Å². The molecule has 1 fully saturated rings. The van der Waals surface area contributed by atoms with Crippen LogP contribution in [0.3, 0.4) is 0 Å². The van der Waals surface area contributed by atoms with Crippen molar-refractivity contribution in [2.45, 2.75) is 31.2 Å². The van der Waals surface area contributed by atoms with Crippen LogP contribution < -0.4 is 11.2 Å². The Morgan fingerprint density at radius 3 is 2.90 bits per heavy atom. The van der Waals surface area contributed by atoms with Crippen LogP contribution in [0.15, 0.2) is 20.9 Å². The van der Waals surface area contributed by atoms with E-state index in [1.54, 1.807) is 0 Å². The monoisotopic (exact) mass is 297 g/mol. The van der Waals surface area contributed by atoms with E-state index in [-0.39, 0.29) is 31.6 Å². The topological polar surface area (TPSA) is 153 Å². The van der Waals surface area contributed by atoms with Gasteiger partial charge in [0.1, 0.15) is 6.23 Å². The average Bonchev–Trinajstić information content (AvgIpc) is 2.85. The zero-order valence-corrected chi connectivity index (χ0v) is 11.0. The summed E-state index contributed by atoms with van der Waals surface area (Å²) in [5, 5.41) is 21.6. The Bertz CT molecular complexity index is 662. The standard InChI is InChI=1S/C11H15N5O5/c12-15-14-7-3-9(21-8(7)5-18)16-4-6(1-2-17)10(19)13-11(16)20/h4,7-9,17-18H,1-3,5H2,(H,13,19,20)/t7-,8+,9+/m0/s1. The predicted octanol–water partition coefficient (Wildman–Crippen LogP) is -0.970. The van der Waals surface area contributed by atoms with E-state index in [0.717, 1.165) is 0 Å². The van der Waals surface area contributed by atoms with Crippen LogP contribution in [0, 0.1) is 0 Å². The molecule has 3 N–H and O–H groups in total. The Morgan fingerprint density at radius 1 is 1.52 bits per heavy atom. The van der Waals surface area contributed by atoms with E-state index in [0.29, 0.717) is 0 Å². The molecule has 1 aliphatic rings. The highest BCUT2D eigenvalue weighted by Crippen LogP contribution is 2.29. The van der Waals surface area contributed by atoms with E-state index >= 15 is 0 Å². The molecule has 0 saturated carbocycles. The fraction of sp³-hybridized carbons (Fsp3) is 0.636. The molecule has 1 aromatic rings. The molecule has 0 aromatic carbocycles. The van der Waals surface area contributed by atoms with E-state index in [2.05, 4.69) is 15.0 Å². The van der Waals surface area contributed by atoms with Crippen LogP contribution in [-0.2, 0) is 11.2 Å². The van der Waals surface area contributed by atoms with E-state index in [1.807, 2.05) is 0 Å². The summed E-state index contributed by atoms with van der Waals surface area (Å²) < 4.78 is 6.65. The molecule has 0 radical (unpaired) electrons.